The molecule has 1 aliphatic rings. The summed E-state index contributed by atoms with van der Waals surface area (Å²) in [4.78, 5) is 4.14. The van der Waals surface area contributed by atoms with E-state index in [0.29, 0.717) is 31.5 Å². The van der Waals surface area contributed by atoms with Crippen LogP contribution in [0.2, 0.25) is 0 Å². The van der Waals surface area contributed by atoms with Gasteiger partial charge in [0.2, 0.25) is 10.0 Å². The van der Waals surface area contributed by atoms with Gasteiger partial charge >= 0.3 is 0 Å². The van der Waals surface area contributed by atoms with Gasteiger partial charge in [0.25, 0.3) is 0 Å². The lowest BCUT2D eigenvalue weighted by Gasteiger charge is -2.15. The fourth-order valence-electron chi connectivity index (χ4n) is 2.25. The number of hydrogen-bond donors (Lipinski definition) is 3. The van der Waals surface area contributed by atoms with Crippen LogP contribution in [-0.4, -0.2) is 47.4 Å². The average Bonchev–Trinajstić information content (AvgIpc) is 3.37. The van der Waals surface area contributed by atoms with Crippen molar-refractivity contribution in [3.05, 3.63) is 29.3 Å². The topological polar surface area (TPSA) is 91.8 Å². The molecule has 2 rings (SSSR count). The van der Waals surface area contributed by atoms with E-state index in [2.05, 4.69) is 45.5 Å². The predicted molar refractivity (Wildman–Crippen MR) is 116 cm³/mol. The monoisotopic (exact) mass is 496 g/mol. The van der Waals surface area contributed by atoms with Crippen molar-refractivity contribution in [1.29, 1.82) is 0 Å². The number of guanidine groups is 1. The molecule has 7 nitrogen and oxygen atoms in total. The van der Waals surface area contributed by atoms with Gasteiger partial charge in [-0.2, -0.15) is 0 Å². The number of nitrogens with one attached hydrogen (secondary N) is 3. The molecule has 1 aromatic carbocycles. The number of hydrogen-bond acceptors (Lipinski definition) is 4. The van der Waals surface area contributed by atoms with Crippen molar-refractivity contribution in [3.63, 3.8) is 0 Å². The smallest absolute Gasteiger partial charge is 0.208 e. The molecule has 0 aromatic heterocycles. The third-order valence-corrected chi connectivity index (χ3v) is 4.57. The zero-order valence-electron chi connectivity index (χ0n) is 15.5. The molecule has 0 atom stereocenters. The lowest BCUT2D eigenvalue weighted by atomic mass is 10.1. The minimum atomic E-state index is -3.17. The maximum atomic E-state index is 11.0. The van der Waals surface area contributed by atoms with Crippen molar-refractivity contribution in [2.24, 2.45) is 10.9 Å². The Bertz CT molecular complexity index is 706. The van der Waals surface area contributed by atoms with Crippen molar-refractivity contribution in [3.8, 4) is 5.75 Å². The summed E-state index contributed by atoms with van der Waals surface area (Å²) in [5.74, 6) is 2.23. The normalized spacial score (nSPS) is 14.5. The van der Waals surface area contributed by atoms with Crippen LogP contribution in [0.25, 0.3) is 0 Å². The average molecular weight is 496 g/mol. The highest BCUT2D eigenvalue weighted by molar-refractivity contribution is 14.0. The second-order valence-electron chi connectivity index (χ2n) is 6.38. The minimum Gasteiger partial charge on any atom is -0.493 e. The zero-order chi connectivity index (χ0) is 18.3. The van der Waals surface area contributed by atoms with Crippen LogP contribution in [0, 0.1) is 12.8 Å². The summed E-state index contributed by atoms with van der Waals surface area (Å²) in [5, 5.41) is 6.30. The van der Waals surface area contributed by atoms with E-state index in [1.54, 1.807) is 7.05 Å². The van der Waals surface area contributed by atoms with Crippen molar-refractivity contribution in [2.75, 3.05) is 33.0 Å². The fourth-order valence-corrected chi connectivity index (χ4v) is 2.72. The highest BCUT2D eigenvalue weighted by Gasteiger charge is 2.22. The molecule has 0 spiro atoms. The second-order valence-corrected chi connectivity index (χ2v) is 8.22. The maximum Gasteiger partial charge on any atom is 0.208 e. The summed E-state index contributed by atoms with van der Waals surface area (Å²) < 4.78 is 30.5. The first-order valence-electron chi connectivity index (χ1n) is 8.49. The van der Waals surface area contributed by atoms with Crippen molar-refractivity contribution in [1.82, 2.24) is 15.4 Å². The number of aryl methyl sites for hydroxylation is 1. The van der Waals surface area contributed by atoms with Gasteiger partial charge in [0.1, 0.15) is 5.75 Å². The molecular formula is C17H29IN4O3S. The summed E-state index contributed by atoms with van der Waals surface area (Å²) in [6.45, 7) is 4.17. The third kappa shape index (κ3) is 9.04. The highest BCUT2D eigenvalue weighted by atomic mass is 127. The van der Waals surface area contributed by atoms with Crippen LogP contribution in [0.15, 0.2) is 23.2 Å². The van der Waals surface area contributed by atoms with Gasteiger partial charge in [-0.1, -0.05) is 12.1 Å². The molecule has 0 aliphatic heterocycles. The summed E-state index contributed by atoms with van der Waals surface area (Å²) in [6, 6.07) is 6.18. The zero-order valence-corrected chi connectivity index (χ0v) is 18.7. The maximum absolute atomic E-state index is 11.0. The van der Waals surface area contributed by atoms with E-state index in [-0.39, 0.29) is 24.0 Å². The Morgan fingerprint density at radius 3 is 2.62 bits per heavy atom. The Balaban J connectivity index is 0.00000338. The molecule has 9 heteroatoms. The van der Waals surface area contributed by atoms with Crippen molar-refractivity contribution >= 4 is 40.0 Å². The predicted octanol–water partition coefficient (Wildman–Crippen LogP) is 1.62. The number of aliphatic imine (C=N–C) groups is 1. The lowest BCUT2D eigenvalue weighted by Crippen LogP contribution is -2.41. The molecule has 0 saturated heterocycles. The van der Waals surface area contributed by atoms with Gasteiger partial charge in [-0.25, -0.2) is 13.1 Å². The van der Waals surface area contributed by atoms with Crippen LogP contribution in [0.5, 0.6) is 5.75 Å². The summed E-state index contributed by atoms with van der Waals surface area (Å²) in [6.07, 6.45) is 3.66. The van der Waals surface area contributed by atoms with Crippen LogP contribution in [0.1, 0.15) is 24.0 Å². The van der Waals surface area contributed by atoms with Crippen LogP contribution in [-0.2, 0) is 16.6 Å². The van der Waals surface area contributed by atoms with Gasteiger partial charge in [-0.15, -0.1) is 24.0 Å². The van der Waals surface area contributed by atoms with Crippen LogP contribution in [0.3, 0.4) is 0 Å². The summed E-state index contributed by atoms with van der Waals surface area (Å²) >= 11 is 0. The van der Waals surface area contributed by atoms with Gasteiger partial charge in [0.05, 0.1) is 12.9 Å². The van der Waals surface area contributed by atoms with Gasteiger partial charge in [-0.05, 0) is 37.3 Å². The largest absolute Gasteiger partial charge is 0.493 e. The quantitative estimate of drug-likeness (QED) is 0.209. The standard InChI is InChI=1S/C17H28N4O3S.HI/c1-13-4-7-15(16(10-13)24-12-14-5-6-14)11-20-17(18-2)19-8-9-21-25(3,22)23;/h4,7,10,14,21H,5-6,8-9,11-12H2,1-3H3,(H2,18,19,20);1H. The molecule has 0 unspecified atom stereocenters. The van der Waals surface area contributed by atoms with Crippen LogP contribution in [0.4, 0.5) is 0 Å². The number of sulfonamides is 1. The molecule has 1 aliphatic carbocycles. The Morgan fingerprint density at radius 2 is 2.00 bits per heavy atom. The number of benzene rings is 1. The minimum absolute atomic E-state index is 0. The SMILES string of the molecule is CN=C(NCCNS(C)(=O)=O)NCc1ccc(C)cc1OCC1CC1.I. The lowest BCUT2D eigenvalue weighted by molar-refractivity contribution is 0.296. The van der Waals surface area contributed by atoms with Gasteiger partial charge < -0.3 is 15.4 Å². The van der Waals surface area contributed by atoms with E-state index in [1.807, 2.05) is 0 Å². The van der Waals surface area contributed by atoms with E-state index in [0.717, 1.165) is 24.2 Å². The number of nitrogens with zero attached hydrogens (tertiary/aromatic N) is 1. The summed E-state index contributed by atoms with van der Waals surface area (Å²) in [5.41, 5.74) is 2.24. The Kier molecular flexibility index (Phi) is 9.66. The molecule has 1 saturated carbocycles. The molecule has 3 N–H and O–H groups in total. The first kappa shape index (κ1) is 23.0. The molecular weight excluding hydrogens is 467 g/mol. The second kappa shape index (κ2) is 10.9. The van der Waals surface area contributed by atoms with E-state index in [1.165, 1.54) is 18.4 Å². The fraction of sp³-hybridized carbons (Fsp3) is 0.588. The number of halogens is 1. The molecule has 1 aromatic rings. The molecule has 148 valence electrons. The molecule has 0 bridgehead atoms. The first-order valence-corrected chi connectivity index (χ1v) is 10.4. The van der Waals surface area contributed by atoms with Crippen LogP contribution >= 0.6 is 24.0 Å². The molecule has 26 heavy (non-hydrogen) atoms. The molecule has 1 fully saturated rings. The molecule has 0 heterocycles. The highest BCUT2D eigenvalue weighted by Crippen LogP contribution is 2.30. The Labute approximate surface area is 173 Å². The third-order valence-electron chi connectivity index (χ3n) is 3.85. The first-order chi connectivity index (χ1) is 11.9. The number of ether oxygens (including phenoxy) is 1. The Morgan fingerprint density at radius 1 is 1.27 bits per heavy atom. The van der Waals surface area contributed by atoms with Gasteiger partial charge in [0.15, 0.2) is 5.96 Å². The van der Waals surface area contributed by atoms with Crippen LogP contribution < -0.4 is 20.1 Å². The summed E-state index contributed by atoms with van der Waals surface area (Å²) in [7, 11) is -1.49. The van der Waals surface area contributed by atoms with Crippen molar-refractivity contribution in [2.45, 2.75) is 26.3 Å². The number of rotatable bonds is 9. The molecule has 0 amide bonds. The van der Waals surface area contributed by atoms with E-state index in [4.69, 9.17) is 4.74 Å². The van der Waals surface area contributed by atoms with E-state index in [9.17, 15) is 8.42 Å². The van der Waals surface area contributed by atoms with E-state index >= 15 is 0 Å². The van der Waals surface area contributed by atoms with E-state index < -0.39 is 10.0 Å². The van der Waals surface area contributed by atoms with Gasteiger partial charge in [0, 0.05) is 32.2 Å². The van der Waals surface area contributed by atoms with Gasteiger partial charge in [-0.3, -0.25) is 4.99 Å². The molecule has 0 radical (unpaired) electrons. The Hall–Kier alpha value is -1.07. The van der Waals surface area contributed by atoms with Crippen molar-refractivity contribution < 1.29 is 13.2 Å².